The van der Waals surface area contributed by atoms with Crippen molar-refractivity contribution in [1.29, 1.82) is 0 Å². The number of rotatable bonds is 4. The monoisotopic (exact) mass is 337 g/mol. The average molecular weight is 338 g/mol. The van der Waals surface area contributed by atoms with Gasteiger partial charge in [-0.3, -0.25) is 4.79 Å². The van der Waals surface area contributed by atoms with Crippen molar-refractivity contribution < 1.29 is 9.53 Å². The Morgan fingerprint density at radius 3 is 2.87 bits per heavy atom. The largest absolute Gasteiger partial charge is 0.381 e. The highest BCUT2D eigenvalue weighted by atomic mass is 35.5. The number of hydrogen-bond acceptors (Lipinski definition) is 4. The van der Waals surface area contributed by atoms with E-state index in [0.29, 0.717) is 13.2 Å². The number of nitrogens with one attached hydrogen (secondary N) is 1. The molecule has 1 amide bonds. The van der Waals surface area contributed by atoms with E-state index in [1.165, 1.54) is 0 Å². The molecule has 3 rings (SSSR count). The van der Waals surface area contributed by atoms with Crippen molar-refractivity contribution in [2.45, 2.75) is 31.3 Å². The fourth-order valence-electron chi connectivity index (χ4n) is 3.37. The number of hydrogen-bond donors (Lipinski definition) is 2. The van der Waals surface area contributed by atoms with E-state index in [2.05, 4.69) is 10.2 Å². The molecule has 1 aromatic rings. The average Bonchev–Trinajstić information content (AvgIpc) is 3.03. The van der Waals surface area contributed by atoms with E-state index in [1.807, 2.05) is 24.3 Å². The Bertz CT molecular complexity index is 548. The van der Waals surface area contributed by atoms with Crippen LogP contribution in [0.1, 0.15) is 19.3 Å². The highest BCUT2D eigenvalue weighted by Crippen LogP contribution is 2.24. The topological polar surface area (TPSA) is 67.6 Å². The molecule has 126 valence electrons. The Kier molecular flexibility index (Phi) is 5.41. The normalized spacial score (nSPS) is 23.7. The predicted octanol–water partition coefficient (Wildman–Crippen LogP) is 1.79. The third-order valence-corrected chi connectivity index (χ3v) is 5.02. The molecule has 6 heteroatoms. The van der Waals surface area contributed by atoms with Crippen LogP contribution in [0.2, 0.25) is 5.02 Å². The van der Waals surface area contributed by atoms with Gasteiger partial charge in [-0.25, -0.2) is 0 Å². The molecule has 2 atom stereocenters. The van der Waals surface area contributed by atoms with Gasteiger partial charge in [0.1, 0.15) is 0 Å². The van der Waals surface area contributed by atoms with Gasteiger partial charge in [0.25, 0.3) is 0 Å². The summed E-state index contributed by atoms with van der Waals surface area (Å²) in [5, 5.41) is 3.84. The van der Waals surface area contributed by atoms with E-state index in [9.17, 15) is 4.79 Å². The first kappa shape index (κ1) is 16.6. The van der Waals surface area contributed by atoms with E-state index < -0.39 is 6.04 Å². The maximum Gasteiger partial charge on any atom is 0.237 e. The molecule has 3 N–H and O–H groups in total. The van der Waals surface area contributed by atoms with Gasteiger partial charge in [0.15, 0.2) is 0 Å². The molecular formula is C17H24ClN3O2. The molecule has 1 aromatic carbocycles. The van der Waals surface area contributed by atoms with Crippen molar-refractivity contribution in [1.82, 2.24) is 5.32 Å². The van der Waals surface area contributed by atoms with Crippen molar-refractivity contribution in [2.24, 2.45) is 11.7 Å². The number of carbonyl (C=O) groups is 1. The predicted molar refractivity (Wildman–Crippen MR) is 91.7 cm³/mol. The van der Waals surface area contributed by atoms with Gasteiger partial charge in [-0.2, -0.15) is 0 Å². The summed E-state index contributed by atoms with van der Waals surface area (Å²) in [6.07, 6.45) is 2.67. The van der Waals surface area contributed by atoms with Crippen LogP contribution in [0.5, 0.6) is 0 Å². The van der Waals surface area contributed by atoms with Crippen molar-refractivity contribution in [3.63, 3.8) is 0 Å². The first-order valence-electron chi connectivity index (χ1n) is 8.27. The van der Waals surface area contributed by atoms with Crippen LogP contribution < -0.4 is 16.0 Å². The zero-order valence-corrected chi connectivity index (χ0v) is 14.0. The molecule has 0 bridgehead atoms. The molecule has 2 saturated heterocycles. The maximum atomic E-state index is 12.4. The van der Waals surface area contributed by atoms with Crippen molar-refractivity contribution in [2.75, 3.05) is 31.2 Å². The summed E-state index contributed by atoms with van der Waals surface area (Å²) in [5.41, 5.74) is 7.24. The van der Waals surface area contributed by atoms with Gasteiger partial charge in [-0.15, -0.1) is 0 Å². The summed E-state index contributed by atoms with van der Waals surface area (Å²) < 4.78 is 5.33. The lowest BCUT2D eigenvalue weighted by molar-refractivity contribution is -0.124. The van der Waals surface area contributed by atoms with E-state index in [1.54, 1.807) is 0 Å². The van der Waals surface area contributed by atoms with E-state index in [-0.39, 0.29) is 17.9 Å². The second-order valence-electron chi connectivity index (χ2n) is 6.40. The molecule has 0 spiro atoms. The summed E-state index contributed by atoms with van der Waals surface area (Å²) >= 11 is 6.05. The lowest BCUT2D eigenvalue weighted by Gasteiger charge is -2.27. The molecule has 5 nitrogen and oxygen atoms in total. The number of amides is 1. The molecule has 0 aromatic heterocycles. The van der Waals surface area contributed by atoms with E-state index >= 15 is 0 Å². The first-order chi connectivity index (χ1) is 11.1. The third kappa shape index (κ3) is 4.16. The number of carbonyl (C=O) groups excluding carboxylic acids is 1. The van der Waals surface area contributed by atoms with Crippen LogP contribution in [0.4, 0.5) is 5.69 Å². The minimum atomic E-state index is -0.431. The molecule has 0 radical (unpaired) electrons. The Morgan fingerprint density at radius 2 is 2.13 bits per heavy atom. The lowest BCUT2D eigenvalue weighted by atomic mass is 9.91. The van der Waals surface area contributed by atoms with Crippen molar-refractivity contribution in [3.05, 3.63) is 29.3 Å². The van der Waals surface area contributed by atoms with Crippen molar-refractivity contribution >= 4 is 23.2 Å². The standard InChI is InChI=1S/C17H24ClN3O2/c18-13-2-1-3-15(10-13)21-7-4-14(11-21)20-17(22)16(19)12-5-8-23-9-6-12/h1-3,10,12,14,16H,4-9,11,19H2,(H,20,22). The molecular weight excluding hydrogens is 314 g/mol. The molecule has 0 saturated carbocycles. The number of halogens is 1. The van der Waals surface area contributed by atoms with Crippen LogP contribution in [0.25, 0.3) is 0 Å². The molecule has 23 heavy (non-hydrogen) atoms. The van der Waals surface area contributed by atoms with Gasteiger partial charge in [0.2, 0.25) is 5.91 Å². The SMILES string of the molecule is NC(C(=O)NC1CCN(c2cccc(Cl)c2)C1)C1CCOCC1. The number of ether oxygens (including phenoxy) is 1. The number of anilines is 1. The summed E-state index contributed by atoms with van der Waals surface area (Å²) in [6.45, 7) is 3.12. The molecule has 2 aliphatic heterocycles. The fourth-order valence-corrected chi connectivity index (χ4v) is 3.56. The van der Waals surface area contributed by atoms with Crippen LogP contribution in [0, 0.1) is 5.92 Å². The van der Waals surface area contributed by atoms with Crippen molar-refractivity contribution in [3.8, 4) is 0 Å². The Labute approximate surface area is 142 Å². The Balaban J connectivity index is 1.52. The second kappa shape index (κ2) is 7.51. The molecule has 2 heterocycles. The van der Waals surface area contributed by atoms with Crippen LogP contribution in [0.15, 0.2) is 24.3 Å². The van der Waals surface area contributed by atoms with Gasteiger partial charge in [-0.05, 0) is 43.4 Å². The zero-order valence-electron chi connectivity index (χ0n) is 13.2. The summed E-state index contributed by atoms with van der Waals surface area (Å²) in [5.74, 6) is 0.198. The quantitative estimate of drug-likeness (QED) is 0.879. The molecule has 2 unspecified atom stereocenters. The smallest absolute Gasteiger partial charge is 0.237 e. The second-order valence-corrected chi connectivity index (χ2v) is 6.83. The highest BCUT2D eigenvalue weighted by Gasteiger charge is 2.30. The number of nitrogens with two attached hydrogens (primary N) is 1. The van der Waals surface area contributed by atoms with Gasteiger partial charge >= 0.3 is 0 Å². The molecule has 2 fully saturated rings. The van der Waals surface area contributed by atoms with Gasteiger partial charge in [0.05, 0.1) is 6.04 Å². The third-order valence-electron chi connectivity index (χ3n) is 4.78. The Hall–Kier alpha value is -1.30. The van der Waals surface area contributed by atoms with Crippen LogP contribution in [0.3, 0.4) is 0 Å². The summed E-state index contributed by atoms with van der Waals surface area (Å²) in [7, 11) is 0. The van der Waals surface area contributed by atoms with E-state index in [0.717, 1.165) is 43.1 Å². The lowest BCUT2D eigenvalue weighted by Crippen LogP contribution is -2.50. The summed E-state index contributed by atoms with van der Waals surface area (Å²) in [6, 6.07) is 7.54. The van der Waals surface area contributed by atoms with Crippen LogP contribution >= 0.6 is 11.6 Å². The first-order valence-corrected chi connectivity index (χ1v) is 8.65. The minimum Gasteiger partial charge on any atom is -0.381 e. The molecule has 0 aliphatic carbocycles. The van der Waals surface area contributed by atoms with Gasteiger partial charge in [-0.1, -0.05) is 17.7 Å². The van der Waals surface area contributed by atoms with Gasteiger partial charge in [0, 0.05) is 43.1 Å². The fraction of sp³-hybridized carbons (Fsp3) is 0.588. The van der Waals surface area contributed by atoms with Gasteiger partial charge < -0.3 is 20.7 Å². The van der Waals surface area contributed by atoms with E-state index in [4.69, 9.17) is 22.1 Å². The summed E-state index contributed by atoms with van der Waals surface area (Å²) in [4.78, 5) is 14.6. The molecule has 2 aliphatic rings. The number of nitrogens with zero attached hydrogens (tertiary/aromatic N) is 1. The van der Waals surface area contributed by atoms with Crippen LogP contribution in [-0.2, 0) is 9.53 Å². The number of benzene rings is 1. The maximum absolute atomic E-state index is 12.4. The Morgan fingerprint density at radius 1 is 1.35 bits per heavy atom. The van der Waals surface area contributed by atoms with Crippen LogP contribution in [-0.4, -0.2) is 44.3 Å². The zero-order chi connectivity index (χ0) is 16.2. The minimum absolute atomic E-state index is 0.0326. The highest BCUT2D eigenvalue weighted by molar-refractivity contribution is 6.30.